The van der Waals surface area contributed by atoms with E-state index in [1.54, 1.807) is 0 Å². The van der Waals surface area contributed by atoms with Gasteiger partial charge >= 0.3 is 0 Å². The molecule has 66 heavy (non-hydrogen) atoms. The van der Waals surface area contributed by atoms with Crippen molar-refractivity contribution in [1.82, 2.24) is 4.57 Å². The fourth-order valence-corrected chi connectivity index (χ4v) is 10.1. The average Bonchev–Trinajstić information content (AvgIpc) is 3.84. The van der Waals surface area contributed by atoms with Gasteiger partial charge in [-0.25, -0.2) is 0 Å². The summed E-state index contributed by atoms with van der Waals surface area (Å²) in [6.07, 6.45) is 23.0. The second-order valence-corrected chi connectivity index (χ2v) is 16.4. The molecule has 2 nitrogen and oxygen atoms in total. The van der Waals surface area contributed by atoms with E-state index in [-0.39, 0.29) is 0 Å². The van der Waals surface area contributed by atoms with Crippen molar-refractivity contribution in [2.24, 2.45) is 0 Å². The van der Waals surface area contributed by atoms with E-state index in [1.165, 1.54) is 21.8 Å². The van der Waals surface area contributed by atoms with Gasteiger partial charge in [-0.2, -0.15) is 0 Å². The van der Waals surface area contributed by atoms with Crippen LogP contribution < -0.4 is 4.90 Å². The summed E-state index contributed by atoms with van der Waals surface area (Å²) >= 11 is 0. The number of benzene rings is 7. The zero-order valence-electron chi connectivity index (χ0n) is 38.0. The first kappa shape index (κ1) is 43.1. The van der Waals surface area contributed by atoms with E-state index < -0.39 is 5.41 Å². The maximum Gasteiger partial charge on any atom is 0.0710 e. The molecule has 0 amide bonds. The van der Waals surface area contributed by atoms with Crippen LogP contribution in [0.25, 0.3) is 55.3 Å². The highest BCUT2D eigenvalue weighted by atomic mass is 15.1. The summed E-state index contributed by atoms with van der Waals surface area (Å²) in [7, 11) is 0. The highest BCUT2D eigenvalue weighted by molar-refractivity contribution is 6.10. The van der Waals surface area contributed by atoms with Crippen LogP contribution in [0.1, 0.15) is 31.9 Å². The molecule has 0 saturated heterocycles. The highest BCUT2D eigenvalue weighted by Gasteiger charge is 2.47. The smallest absolute Gasteiger partial charge is 0.0710 e. The van der Waals surface area contributed by atoms with E-state index in [4.69, 9.17) is 0 Å². The van der Waals surface area contributed by atoms with Gasteiger partial charge in [-0.05, 0) is 132 Å². The molecule has 0 fully saturated rings. The molecule has 1 unspecified atom stereocenters. The Morgan fingerprint density at radius 1 is 0.561 bits per heavy atom. The molecule has 320 valence electrons. The van der Waals surface area contributed by atoms with E-state index in [9.17, 15) is 0 Å². The Morgan fingerprint density at radius 2 is 1.27 bits per heavy atom. The summed E-state index contributed by atoms with van der Waals surface area (Å²) in [6, 6.07) is 61.6. The molecule has 1 aliphatic carbocycles. The number of nitrogens with zero attached hydrogens (tertiary/aromatic N) is 2. The van der Waals surface area contributed by atoms with Crippen LogP contribution in [0.15, 0.2) is 273 Å². The third-order valence-corrected chi connectivity index (χ3v) is 12.8. The van der Waals surface area contributed by atoms with E-state index in [1.807, 2.05) is 31.2 Å². The van der Waals surface area contributed by atoms with Gasteiger partial charge in [0.1, 0.15) is 0 Å². The average molecular weight is 851 g/mol. The highest BCUT2D eigenvalue weighted by Crippen LogP contribution is 2.58. The van der Waals surface area contributed by atoms with Crippen molar-refractivity contribution in [3.05, 3.63) is 284 Å². The zero-order chi connectivity index (χ0) is 45.6. The molecule has 1 atom stereocenters. The number of hydrogen-bond donors (Lipinski definition) is 0. The molecule has 9 rings (SSSR count). The Balaban J connectivity index is 1.24. The first-order valence-electron chi connectivity index (χ1n) is 22.7. The lowest BCUT2D eigenvalue weighted by atomic mass is 9.65. The van der Waals surface area contributed by atoms with Crippen molar-refractivity contribution in [2.75, 3.05) is 4.90 Å². The molecule has 0 aliphatic heterocycles. The van der Waals surface area contributed by atoms with Crippen molar-refractivity contribution in [3.8, 4) is 27.9 Å². The topological polar surface area (TPSA) is 8.17 Å². The summed E-state index contributed by atoms with van der Waals surface area (Å²) in [4.78, 5) is 2.40. The molecule has 0 bridgehead atoms. The van der Waals surface area contributed by atoms with Crippen LogP contribution in [0.3, 0.4) is 0 Å². The van der Waals surface area contributed by atoms with Crippen LogP contribution in [0.5, 0.6) is 0 Å². The van der Waals surface area contributed by atoms with Gasteiger partial charge in [-0.15, -0.1) is 0 Å². The molecule has 0 N–H and O–H groups in total. The van der Waals surface area contributed by atoms with Gasteiger partial charge in [-0.1, -0.05) is 196 Å². The van der Waals surface area contributed by atoms with Crippen LogP contribution >= 0.6 is 0 Å². The van der Waals surface area contributed by atoms with E-state index in [0.29, 0.717) is 0 Å². The lowest BCUT2D eigenvalue weighted by molar-refractivity contribution is 0.757. The number of para-hydroxylation sites is 4. The molecule has 1 aromatic heterocycles. The van der Waals surface area contributed by atoms with Crippen molar-refractivity contribution in [1.29, 1.82) is 0 Å². The quantitative estimate of drug-likeness (QED) is 0.0990. The predicted molar refractivity (Wildman–Crippen MR) is 286 cm³/mol. The first-order valence-corrected chi connectivity index (χ1v) is 22.7. The van der Waals surface area contributed by atoms with Gasteiger partial charge in [0, 0.05) is 33.4 Å². The van der Waals surface area contributed by atoms with Gasteiger partial charge in [0.2, 0.25) is 0 Å². The molecule has 2 heteroatoms. The Hall–Kier alpha value is -8.20. The number of hydrogen-bond acceptors (Lipinski definition) is 1. The molecular formula is C64H54N2. The number of allylic oxidation sites excluding steroid dienone is 15. The minimum atomic E-state index is -0.721. The third-order valence-electron chi connectivity index (χ3n) is 12.8. The lowest BCUT2D eigenvalue weighted by Gasteiger charge is -2.37. The monoisotopic (exact) mass is 850 g/mol. The largest absolute Gasteiger partial charge is 0.310 e. The van der Waals surface area contributed by atoms with E-state index >= 15 is 0 Å². The molecule has 8 aromatic rings. The molecule has 0 radical (unpaired) electrons. The molecule has 1 aliphatic rings. The van der Waals surface area contributed by atoms with Gasteiger partial charge < -0.3 is 9.47 Å². The van der Waals surface area contributed by atoms with Crippen LogP contribution in [0, 0.1) is 0 Å². The Kier molecular flexibility index (Phi) is 12.3. The summed E-state index contributed by atoms with van der Waals surface area (Å²) in [5, 5.41) is 2.48. The molecule has 0 saturated carbocycles. The number of rotatable bonds is 14. The Bertz CT molecular complexity index is 3330. The van der Waals surface area contributed by atoms with Gasteiger partial charge in [0.25, 0.3) is 0 Å². The standard InChI is InChI=1S/C64H54N2/c1-7-13-29-49(10-4)64(50(11-5)30-14-8-2)59(12-6)55(26-9-3)56-42-40-53(45-60(56)64)65(51-31-17-15-18-32-51)61-37-23-21-35-54(61)48-28-25-27-46(43-48)47-39-41-58-57-36-22-24-38-62(57)66(63(58)44-47)52-33-19-16-20-34-52/h7-45H,1,5-6H2,2-4H3/b14-8-,26-9-,29-13-,49-10+,50-30+. The van der Waals surface area contributed by atoms with Crippen LogP contribution in [-0.2, 0) is 5.41 Å². The maximum absolute atomic E-state index is 4.46. The normalized spacial score (nSPS) is 15.4. The van der Waals surface area contributed by atoms with E-state index in [0.717, 1.165) is 78.4 Å². The van der Waals surface area contributed by atoms with Gasteiger partial charge in [0.15, 0.2) is 0 Å². The van der Waals surface area contributed by atoms with Crippen LogP contribution in [0.4, 0.5) is 17.1 Å². The fraction of sp³-hybridized carbons (Fsp3) is 0.0625. The second-order valence-electron chi connectivity index (χ2n) is 16.4. The molecular weight excluding hydrogens is 797 g/mol. The van der Waals surface area contributed by atoms with Crippen molar-refractivity contribution >= 4 is 44.4 Å². The van der Waals surface area contributed by atoms with Crippen LogP contribution in [0.2, 0.25) is 0 Å². The Morgan fingerprint density at radius 3 is 2.02 bits per heavy atom. The molecule has 1 heterocycles. The van der Waals surface area contributed by atoms with Crippen molar-refractivity contribution in [3.63, 3.8) is 0 Å². The Labute approximate surface area is 390 Å². The summed E-state index contributed by atoms with van der Waals surface area (Å²) in [5.41, 5.74) is 17.3. The van der Waals surface area contributed by atoms with Crippen molar-refractivity contribution in [2.45, 2.75) is 26.2 Å². The fourth-order valence-electron chi connectivity index (χ4n) is 10.1. The van der Waals surface area contributed by atoms with Crippen molar-refractivity contribution < 1.29 is 0 Å². The van der Waals surface area contributed by atoms with Gasteiger partial charge in [0.05, 0.1) is 22.1 Å². The summed E-state index contributed by atoms with van der Waals surface area (Å²) < 4.78 is 2.38. The minimum absolute atomic E-state index is 0.721. The first-order chi connectivity index (χ1) is 32.5. The summed E-state index contributed by atoms with van der Waals surface area (Å²) in [6.45, 7) is 19.2. The number of anilines is 3. The predicted octanol–water partition coefficient (Wildman–Crippen LogP) is 17.7. The number of fused-ring (bicyclic) bond motifs is 4. The van der Waals surface area contributed by atoms with Gasteiger partial charge in [-0.3, -0.25) is 0 Å². The summed E-state index contributed by atoms with van der Waals surface area (Å²) in [5.74, 6) is 0. The zero-order valence-corrected chi connectivity index (χ0v) is 38.0. The SMILES string of the molecule is C=C/C=C\C(=C/C)C1(/C(C=C)=C/C=C\C)C(C=C)=C(/C=C\C)c2ccc(N(c3ccccc3)c3ccccc3-c3cccc(-c4ccc5c6ccccc6n(-c6ccccc6)c5c4)c3)cc21. The maximum atomic E-state index is 4.46. The molecule has 7 aromatic carbocycles. The third kappa shape index (κ3) is 7.37. The lowest BCUT2D eigenvalue weighted by Crippen LogP contribution is -2.30. The number of aromatic nitrogens is 1. The molecule has 0 spiro atoms. The second kappa shape index (κ2) is 18.9. The minimum Gasteiger partial charge on any atom is -0.310 e. The van der Waals surface area contributed by atoms with Crippen LogP contribution in [-0.4, -0.2) is 4.57 Å². The van der Waals surface area contributed by atoms with E-state index in [2.05, 4.69) is 255 Å².